The molecular formula is C14H25N3O3. The van der Waals surface area contributed by atoms with Gasteiger partial charge >= 0.3 is 0 Å². The smallest absolute Gasteiger partial charge is 0.247 e. The van der Waals surface area contributed by atoms with Crippen LogP contribution in [0, 0.1) is 5.92 Å². The van der Waals surface area contributed by atoms with Crippen molar-refractivity contribution in [1.29, 1.82) is 0 Å². The highest BCUT2D eigenvalue weighted by Gasteiger charge is 2.45. The number of hydrogen-bond acceptors (Lipinski definition) is 4. The number of aliphatic hydroxyl groups is 1. The van der Waals surface area contributed by atoms with Crippen LogP contribution in [-0.4, -0.2) is 64.7 Å². The van der Waals surface area contributed by atoms with Crippen molar-refractivity contribution in [3.63, 3.8) is 0 Å². The summed E-state index contributed by atoms with van der Waals surface area (Å²) in [4.78, 5) is 27.8. The third-order valence-electron chi connectivity index (χ3n) is 4.22. The third-order valence-corrected chi connectivity index (χ3v) is 4.22. The molecule has 0 aliphatic carbocycles. The predicted molar refractivity (Wildman–Crippen MR) is 74.8 cm³/mol. The molecule has 2 saturated heterocycles. The standard InChI is InChI=1S/C14H25N3O3/c1-4-9(2)6-16-7-12-15-10(3)5-13(19)17(12)11(8-18)14(16)20/h9-12,15,18H,4-8H2,1-3H3/i/hD. The van der Waals surface area contributed by atoms with Crippen LogP contribution in [0.1, 0.15) is 33.6 Å². The van der Waals surface area contributed by atoms with Gasteiger partial charge in [0.2, 0.25) is 11.8 Å². The van der Waals surface area contributed by atoms with Crippen LogP contribution in [0.3, 0.4) is 0 Å². The van der Waals surface area contributed by atoms with Gasteiger partial charge in [-0.15, -0.1) is 0 Å². The van der Waals surface area contributed by atoms with Crippen molar-refractivity contribution < 1.29 is 16.1 Å². The number of hydrogen-bond donors (Lipinski definition) is 2. The summed E-state index contributed by atoms with van der Waals surface area (Å²) in [5.74, 6) is 0.00712. The average molecular weight is 284 g/mol. The van der Waals surface area contributed by atoms with Gasteiger partial charge in [-0.25, -0.2) is 0 Å². The van der Waals surface area contributed by atoms with Gasteiger partial charge in [0, 0.05) is 19.0 Å². The van der Waals surface area contributed by atoms with E-state index in [0.29, 0.717) is 19.0 Å². The first-order valence-electron chi connectivity index (χ1n) is 7.83. The number of rotatable bonds is 4. The maximum atomic E-state index is 12.5. The Kier molecular flexibility index (Phi) is 4.21. The Balaban J connectivity index is 2.24. The number of aliphatic hydroxyl groups excluding tert-OH is 1. The summed E-state index contributed by atoms with van der Waals surface area (Å²) in [5, 5.41) is 10.9. The molecule has 0 radical (unpaired) electrons. The van der Waals surface area contributed by atoms with E-state index in [0.717, 1.165) is 6.42 Å². The molecule has 0 aromatic rings. The maximum Gasteiger partial charge on any atom is 0.247 e. The highest BCUT2D eigenvalue weighted by atomic mass is 16.3. The average Bonchev–Trinajstić information content (AvgIpc) is 2.46. The van der Waals surface area contributed by atoms with Crippen LogP contribution in [-0.2, 0) is 9.59 Å². The number of nitrogens with one attached hydrogen (secondary N) is 1. The number of nitrogens with zero attached hydrogens (tertiary/aromatic N) is 2. The summed E-state index contributed by atoms with van der Waals surface area (Å²) in [5.41, 5.74) is 0. The lowest BCUT2D eigenvalue weighted by molar-refractivity contribution is -0.164. The Hall–Kier alpha value is -1.14. The molecule has 2 heterocycles. The first kappa shape index (κ1) is 13.8. The molecule has 2 rings (SSSR count). The minimum Gasteiger partial charge on any atom is -0.394 e. The van der Waals surface area contributed by atoms with Crippen LogP contribution in [0.25, 0.3) is 0 Å². The molecule has 2 fully saturated rings. The van der Waals surface area contributed by atoms with Crippen molar-refractivity contribution in [3.8, 4) is 0 Å². The third kappa shape index (κ3) is 2.81. The van der Waals surface area contributed by atoms with Crippen molar-refractivity contribution in [2.24, 2.45) is 5.92 Å². The van der Waals surface area contributed by atoms with Gasteiger partial charge in [0.15, 0.2) is 0 Å². The topological polar surface area (TPSA) is 72.9 Å². The van der Waals surface area contributed by atoms with Gasteiger partial charge in [0.25, 0.3) is 0 Å². The molecule has 2 N–H and O–H groups in total. The highest BCUT2D eigenvalue weighted by molar-refractivity contribution is 5.90. The van der Waals surface area contributed by atoms with Gasteiger partial charge in [-0.3, -0.25) is 14.9 Å². The number of carbonyl (C=O) groups is 2. The quantitative estimate of drug-likeness (QED) is 0.748. The van der Waals surface area contributed by atoms with E-state index in [2.05, 4.69) is 13.8 Å². The lowest BCUT2D eigenvalue weighted by Gasteiger charge is -2.49. The molecule has 114 valence electrons. The normalized spacial score (nSPS) is 34.0. The Morgan fingerprint density at radius 3 is 2.85 bits per heavy atom. The molecule has 4 atom stereocenters. The lowest BCUT2D eigenvalue weighted by atomic mass is 10.0. The molecule has 20 heavy (non-hydrogen) atoms. The van der Waals surface area contributed by atoms with Crippen LogP contribution in [0.15, 0.2) is 0 Å². The summed E-state index contributed by atoms with van der Waals surface area (Å²) >= 11 is 0. The summed E-state index contributed by atoms with van der Waals surface area (Å²) in [6.45, 7) is 6.54. The highest BCUT2D eigenvalue weighted by Crippen LogP contribution is 2.23. The SMILES string of the molecule is [2H]N1C(C)CC(=O)N2C(CO)C(=O)N(CC(C)CC)CC12. The van der Waals surface area contributed by atoms with Crippen LogP contribution < -0.4 is 5.31 Å². The molecule has 0 saturated carbocycles. The van der Waals surface area contributed by atoms with E-state index in [-0.39, 0.29) is 30.9 Å². The molecule has 0 spiro atoms. The summed E-state index contributed by atoms with van der Waals surface area (Å²) in [7, 11) is 0. The largest absolute Gasteiger partial charge is 0.394 e. The Labute approximate surface area is 121 Å². The van der Waals surface area contributed by atoms with Gasteiger partial charge < -0.3 is 14.9 Å². The second-order valence-corrected chi connectivity index (χ2v) is 5.94. The minimum atomic E-state index is -0.847. The van der Waals surface area contributed by atoms with Crippen molar-refractivity contribution in [2.75, 3.05) is 19.7 Å². The second kappa shape index (κ2) is 6.10. The molecule has 6 nitrogen and oxygen atoms in total. The van der Waals surface area contributed by atoms with Gasteiger partial charge in [-0.2, -0.15) is 0 Å². The number of fused-ring (bicyclic) bond motifs is 1. The number of piperazine rings is 1. The van der Waals surface area contributed by atoms with E-state index in [1.165, 1.54) is 10.2 Å². The fraction of sp³-hybridized carbons (Fsp3) is 0.857. The zero-order valence-electron chi connectivity index (χ0n) is 13.5. The minimum absolute atomic E-state index is 0.147. The van der Waals surface area contributed by atoms with Crippen LogP contribution in [0.2, 0.25) is 1.41 Å². The van der Waals surface area contributed by atoms with Crippen LogP contribution in [0.4, 0.5) is 0 Å². The van der Waals surface area contributed by atoms with Gasteiger partial charge in [0.05, 0.1) is 13.2 Å². The van der Waals surface area contributed by atoms with Crippen LogP contribution in [0.5, 0.6) is 0 Å². The first-order chi connectivity index (χ1) is 9.90. The van der Waals surface area contributed by atoms with Crippen molar-refractivity contribution >= 4 is 11.8 Å². The van der Waals surface area contributed by atoms with Gasteiger partial charge in [0.1, 0.15) is 13.6 Å². The fourth-order valence-electron chi connectivity index (χ4n) is 2.91. The van der Waals surface area contributed by atoms with E-state index in [4.69, 9.17) is 1.41 Å². The Bertz CT molecular complexity index is 420. The Morgan fingerprint density at radius 2 is 2.25 bits per heavy atom. The van der Waals surface area contributed by atoms with Crippen molar-refractivity contribution in [3.05, 3.63) is 0 Å². The van der Waals surface area contributed by atoms with E-state index in [9.17, 15) is 14.7 Å². The van der Waals surface area contributed by atoms with E-state index in [1.54, 1.807) is 4.90 Å². The van der Waals surface area contributed by atoms with E-state index < -0.39 is 12.2 Å². The monoisotopic (exact) mass is 284 g/mol. The van der Waals surface area contributed by atoms with E-state index in [1.807, 2.05) is 6.92 Å². The van der Waals surface area contributed by atoms with E-state index >= 15 is 0 Å². The van der Waals surface area contributed by atoms with Crippen LogP contribution >= 0.6 is 0 Å². The zero-order valence-corrected chi connectivity index (χ0v) is 12.5. The maximum absolute atomic E-state index is 12.5. The molecule has 2 amide bonds. The molecule has 0 bridgehead atoms. The summed E-state index contributed by atoms with van der Waals surface area (Å²) in [6.07, 6.45) is 0.719. The summed E-state index contributed by atoms with van der Waals surface area (Å²) < 4.78 is 8.16. The first-order valence-corrected chi connectivity index (χ1v) is 7.38. The molecule has 4 unspecified atom stereocenters. The molecule has 2 aliphatic heterocycles. The fourth-order valence-corrected chi connectivity index (χ4v) is 2.91. The zero-order chi connectivity index (χ0) is 15.7. The molecule has 0 aromatic carbocycles. The Morgan fingerprint density at radius 1 is 1.55 bits per heavy atom. The second-order valence-electron chi connectivity index (χ2n) is 5.94. The predicted octanol–water partition coefficient (Wildman–Crippen LogP) is -0.228. The summed E-state index contributed by atoms with van der Waals surface area (Å²) in [6, 6.07) is -1.02. The van der Waals surface area contributed by atoms with Crippen molar-refractivity contribution in [1.82, 2.24) is 15.1 Å². The van der Waals surface area contributed by atoms with Gasteiger partial charge in [-0.05, 0) is 12.8 Å². The molecule has 0 aromatic heterocycles. The number of amides is 2. The molecular weight excluding hydrogens is 258 g/mol. The lowest BCUT2D eigenvalue weighted by Crippen LogP contribution is -2.72. The molecule has 2 aliphatic rings. The molecule has 6 heteroatoms. The van der Waals surface area contributed by atoms with Gasteiger partial charge in [-0.1, -0.05) is 20.3 Å². The number of carbonyl (C=O) groups excluding carboxylic acids is 2. The van der Waals surface area contributed by atoms with Crippen molar-refractivity contribution in [2.45, 2.75) is 51.9 Å².